The highest BCUT2D eigenvalue weighted by Crippen LogP contribution is 2.38. The molecule has 0 aliphatic rings. The van der Waals surface area contributed by atoms with Gasteiger partial charge in [0, 0.05) is 27.9 Å². The molecule has 0 aliphatic carbocycles. The van der Waals surface area contributed by atoms with Gasteiger partial charge < -0.3 is 4.57 Å². The molecule has 1 aromatic carbocycles. The van der Waals surface area contributed by atoms with Gasteiger partial charge in [0.15, 0.2) is 14.9 Å². The highest BCUT2D eigenvalue weighted by atomic mass is 35.5. The van der Waals surface area contributed by atoms with E-state index < -0.39 is 32.7 Å². The summed E-state index contributed by atoms with van der Waals surface area (Å²) in [7, 11) is -3.53. The average molecular weight is 564 g/mol. The number of benzene rings is 1. The fourth-order valence-electron chi connectivity index (χ4n) is 3.83. The number of hydrogen-bond acceptors (Lipinski definition) is 6. The summed E-state index contributed by atoms with van der Waals surface area (Å²) < 4.78 is 66.3. The van der Waals surface area contributed by atoms with Crippen LogP contribution in [0, 0.1) is 18.3 Å². The van der Waals surface area contributed by atoms with Crippen LogP contribution in [0.3, 0.4) is 0 Å². The number of nitrogens with zero attached hydrogens (tertiary/aromatic N) is 3. The predicted molar refractivity (Wildman–Crippen MR) is 135 cm³/mol. The van der Waals surface area contributed by atoms with E-state index in [0.29, 0.717) is 31.5 Å². The van der Waals surface area contributed by atoms with E-state index in [1.165, 1.54) is 12.3 Å². The van der Waals surface area contributed by atoms with Crippen molar-refractivity contribution in [1.29, 1.82) is 5.26 Å². The van der Waals surface area contributed by atoms with Gasteiger partial charge in [0.05, 0.1) is 22.7 Å². The van der Waals surface area contributed by atoms with Crippen LogP contribution in [-0.4, -0.2) is 24.2 Å². The molecule has 0 unspecified atom stereocenters. The third-order valence-corrected chi connectivity index (χ3v) is 8.03. The van der Waals surface area contributed by atoms with Crippen LogP contribution in [0.5, 0.6) is 0 Å². The summed E-state index contributed by atoms with van der Waals surface area (Å²) in [5.74, 6) is 0. The number of aryl methyl sites for hydroxylation is 1. The summed E-state index contributed by atoms with van der Waals surface area (Å²) in [6.45, 7) is 1.51. The zero-order valence-corrected chi connectivity index (χ0v) is 21.7. The van der Waals surface area contributed by atoms with Gasteiger partial charge >= 0.3 is 6.18 Å². The Labute approximate surface area is 219 Å². The molecular formula is C25H17ClF3N3O3S2. The monoisotopic (exact) mass is 563 g/mol. The van der Waals surface area contributed by atoms with Crippen molar-refractivity contribution in [3.63, 3.8) is 0 Å². The van der Waals surface area contributed by atoms with E-state index in [1.807, 2.05) is 0 Å². The van der Waals surface area contributed by atoms with Crippen molar-refractivity contribution in [1.82, 2.24) is 9.55 Å². The summed E-state index contributed by atoms with van der Waals surface area (Å²) in [5, 5.41) is 9.77. The molecular weight excluding hydrogens is 547 g/mol. The minimum Gasteiger partial charge on any atom is -0.302 e. The molecule has 0 saturated heterocycles. The van der Waals surface area contributed by atoms with Gasteiger partial charge in [0.25, 0.3) is 5.56 Å². The molecule has 0 bridgehead atoms. The number of pyridine rings is 2. The Hall–Kier alpha value is -3.46. The molecule has 37 heavy (non-hydrogen) atoms. The average Bonchev–Trinajstić information content (AvgIpc) is 3.30. The molecule has 6 nitrogen and oxygen atoms in total. The number of rotatable bonds is 5. The second-order valence-electron chi connectivity index (χ2n) is 8.23. The molecule has 0 atom stereocenters. The molecule has 0 spiro atoms. The van der Waals surface area contributed by atoms with Crippen LogP contribution >= 0.6 is 22.9 Å². The van der Waals surface area contributed by atoms with Gasteiger partial charge in [-0.2, -0.15) is 18.4 Å². The Bertz CT molecular complexity index is 1720. The SMILES string of the molecule is Cc1cc(-c2ccc(-c3cc(C(F)(F)F)c(C#N)c(=O)n3Cc3ccc(Cl)cc3)s2)cnc1S(C)(=O)=O. The third-order valence-electron chi connectivity index (χ3n) is 5.50. The maximum absolute atomic E-state index is 13.8. The summed E-state index contributed by atoms with van der Waals surface area (Å²) in [6.07, 6.45) is -2.49. The molecule has 0 saturated carbocycles. The van der Waals surface area contributed by atoms with Gasteiger partial charge in [-0.15, -0.1) is 11.3 Å². The molecule has 0 aliphatic heterocycles. The molecule has 12 heteroatoms. The Balaban J connectivity index is 1.89. The summed E-state index contributed by atoms with van der Waals surface area (Å²) in [4.78, 5) is 18.1. The van der Waals surface area contributed by atoms with E-state index in [4.69, 9.17) is 11.6 Å². The highest BCUT2D eigenvalue weighted by molar-refractivity contribution is 7.90. The van der Waals surface area contributed by atoms with Crippen LogP contribution in [0.1, 0.15) is 22.3 Å². The van der Waals surface area contributed by atoms with Gasteiger partial charge in [-0.3, -0.25) is 4.79 Å². The van der Waals surface area contributed by atoms with E-state index in [2.05, 4.69) is 4.98 Å². The van der Waals surface area contributed by atoms with Crippen LogP contribution < -0.4 is 5.56 Å². The van der Waals surface area contributed by atoms with Gasteiger partial charge in [0.1, 0.15) is 11.6 Å². The Morgan fingerprint density at radius 1 is 1.11 bits per heavy atom. The number of halogens is 4. The van der Waals surface area contributed by atoms with Gasteiger partial charge in [-0.05, 0) is 54.4 Å². The van der Waals surface area contributed by atoms with Gasteiger partial charge in [-0.1, -0.05) is 23.7 Å². The molecule has 0 radical (unpaired) electrons. The minimum atomic E-state index is -4.92. The number of aromatic nitrogens is 2. The van der Waals surface area contributed by atoms with Crippen molar-refractivity contribution in [2.75, 3.05) is 6.26 Å². The normalized spacial score (nSPS) is 11.9. The number of alkyl halides is 3. The maximum Gasteiger partial charge on any atom is 0.417 e. The zero-order chi connectivity index (χ0) is 27.1. The summed E-state index contributed by atoms with van der Waals surface area (Å²) >= 11 is 7.03. The molecule has 4 rings (SSSR count). The maximum atomic E-state index is 13.8. The lowest BCUT2D eigenvalue weighted by molar-refractivity contribution is -0.137. The largest absolute Gasteiger partial charge is 0.417 e. The van der Waals surface area contributed by atoms with Crippen molar-refractivity contribution >= 4 is 32.8 Å². The lowest BCUT2D eigenvalue weighted by atomic mass is 10.1. The van der Waals surface area contributed by atoms with Crippen LogP contribution in [0.15, 0.2) is 64.5 Å². The van der Waals surface area contributed by atoms with E-state index in [9.17, 15) is 31.6 Å². The van der Waals surface area contributed by atoms with E-state index in [-0.39, 0.29) is 17.3 Å². The van der Waals surface area contributed by atoms with E-state index >= 15 is 0 Å². The van der Waals surface area contributed by atoms with Crippen molar-refractivity contribution in [2.45, 2.75) is 24.7 Å². The van der Waals surface area contributed by atoms with E-state index in [0.717, 1.165) is 28.2 Å². The lowest BCUT2D eigenvalue weighted by Gasteiger charge is -2.17. The Kier molecular flexibility index (Phi) is 7.03. The number of sulfone groups is 1. The first-order chi connectivity index (χ1) is 17.3. The molecule has 0 N–H and O–H groups in total. The summed E-state index contributed by atoms with van der Waals surface area (Å²) in [5.41, 5.74) is -1.79. The third kappa shape index (κ3) is 5.46. The van der Waals surface area contributed by atoms with Crippen LogP contribution in [0.4, 0.5) is 13.2 Å². The van der Waals surface area contributed by atoms with Gasteiger partial charge in [0.2, 0.25) is 0 Å². The van der Waals surface area contributed by atoms with Crippen LogP contribution in [-0.2, 0) is 22.6 Å². The molecule has 4 aromatic rings. The lowest BCUT2D eigenvalue weighted by Crippen LogP contribution is -2.28. The van der Waals surface area contributed by atoms with E-state index in [1.54, 1.807) is 49.4 Å². The minimum absolute atomic E-state index is 0.0139. The highest BCUT2D eigenvalue weighted by Gasteiger charge is 2.36. The van der Waals surface area contributed by atoms with Crippen LogP contribution in [0.2, 0.25) is 5.02 Å². The second kappa shape index (κ2) is 9.78. The molecule has 190 valence electrons. The Morgan fingerprint density at radius 2 is 1.76 bits per heavy atom. The topological polar surface area (TPSA) is 92.8 Å². The Morgan fingerprint density at radius 3 is 2.32 bits per heavy atom. The van der Waals surface area contributed by atoms with Crippen molar-refractivity contribution in [3.05, 3.63) is 92.4 Å². The van der Waals surface area contributed by atoms with Crippen molar-refractivity contribution in [3.8, 4) is 27.1 Å². The fraction of sp³-hybridized carbons (Fsp3) is 0.160. The molecule has 3 aromatic heterocycles. The fourth-order valence-corrected chi connectivity index (χ4v) is 5.85. The predicted octanol–water partition coefficient (Wildman–Crippen LogP) is 5.94. The number of nitriles is 1. The quantitative estimate of drug-likeness (QED) is 0.299. The summed E-state index contributed by atoms with van der Waals surface area (Å²) in [6, 6.07) is 13.5. The first-order valence-electron chi connectivity index (χ1n) is 10.6. The van der Waals surface area contributed by atoms with Crippen molar-refractivity contribution in [2.24, 2.45) is 0 Å². The molecule has 3 heterocycles. The number of thiophene rings is 1. The second-order valence-corrected chi connectivity index (χ2v) is 11.7. The smallest absolute Gasteiger partial charge is 0.302 e. The first-order valence-corrected chi connectivity index (χ1v) is 13.6. The molecule has 0 fully saturated rings. The molecule has 0 amide bonds. The zero-order valence-electron chi connectivity index (χ0n) is 19.3. The standard InChI is InChI=1S/C25H17ClF3N3O3S2/c1-14-9-16(12-31-23(14)37(2,34)35)21-7-8-22(36-21)20-10-19(25(27,28)29)18(11-30)24(33)32(20)13-15-3-5-17(26)6-4-15/h3-10,12H,13H2,1-2H3. The van der Waals surface area contributed by atoms with Crippen molar-refractivity contribution < 1.29 is 21.6 Å². The number of hydrogen-bond donors (Lipinski definition) is 0. The van der Waals surface area contributed by atoms with Gasteiger partial charge in [-0.25, -0.2) is 13.4 Å². The first kappa shape index (κ1) is 26.6. The van der Waals surface area contributed by atoms with Crippen LogP contribution in [0.25, 0.3) is 21.0 Å².